The van der Waals surface area contributed by atoms with Gasteiger partial charge >= 0.3 is 0 Å². The fourth-order valence-electron chi connectivity index (χ4n) is 3.26. The highest BCUT2D eigenvalue weighted by atomic mass is 35.5. The van der Waals surface area contributed by atoms with Crippen molar-refractivity contribution in [2.24, 2.45) is 0 Å². The van der Waals surface area contributed by atoms with Gasteiger partial charge in [0, 0.05) is 28.4 Å². The summed E-state index contributed by atoms with van der Waals surface area (Å²) in [4.78, 5) is 0. The highest BCUT2D eigenvalue weighted by molar-refractivity contribution is 6.30. The lowest BCUT2D eigenvalue weighted by atomic mass is 10.00. The van der Waals surface area contributed by atoms with Gasteiger partial charge in [-0.1, -0.05) is 11.6 Å². The maximum Gasteiger partial charge on any atom is 0.137 e. The summed E-state index contributed by atoms with van der Waals surface area (Å²) in [5.41, 5.74) is 10.1. The molecule has 0 saturated carbocycles. The Kier molecular flexibility index (Phi) is 3.65. The van der Waals surface area contributed by atoms with E-state index in [0.29, 0.717) is 0 Å². The van der Waals surface area contributed by atoms with E-state index < -0.39 is 0 Å². The average molecular weight is 340 g/mol. The number of hydrogen-bond acceptors (Lipinski definition) is 4. The number of benzene rings is 2. The molecule has 24 heavy (non-hydrogen) atoms. The molecule has 0 spiro atoms. The molecule has 1 aliphatic heterocycles. The van der Waals surface area contributed by atoms with Crippen LogP contribution in [0.1, 0.15) is 29.7 Å². The quantitative estimate of drug-likeness (QED) is 0.694. The third kappa shape index (κ3) is 2.61. The van der Waals surface area contributed by atoms with Gasteiger partial charge in [0.1, 0.15) is 11.6 Å². The predicted molar refractivity (Wildman–Crippen MR) is 96.6 cm³/mol. The standard InChI is InChI=1S/C18H18ClN5/c1-11-22-23-18-9-7-16(21-14-5-2-12(19)3-6-14)15-10-13(20)4-8-17(15)24(11)18/h2-6,8,10,16,21H,7,9,20H2,1H3. The van der Waals surface area contributed by atoms with Crippen molar-refractivity contribution in [1.82, 2.24) is 14.8 Å². The van der Waals surface area contributed by atoms with Crippen LogP contribution >= 0.6 is 11.6 Å². The van der Waals surface area contributed by atoms with Gasteiger partial charge in [-0.3, -0.25) is 4.57 Å². The number of anilines is 2. The van der Waals surface area contributed by atoms with Gasteiger partial charge in [-0.25, -0.2) is 0 Å². The molecule has 2 heterocycles. The number of hydrogen-bond donors (Lipinski definition) is 2. The summed E-state index contributed by atoms with van der Waals surface area (Å²) in [5.74, 6) is 1.88. The van der Waals surface area contributed by atoms with E-state index in [9.17, 15) is 0 Å². The molecule has 122 valence electrons. The van der Waals surface area contributed by atoms with Gasteiger partial charge in [0.2, 0.25) is 0 Å². The number of fused-ring (bicyclic) bond motifs is 3. The van der Waals surface area contributed by atoms with Gasteiger partial charge < -0.3 is 11.1 Å². The third-order valence-electron chi connectivity index (χ3n) is 4.40. The molecular weight excluding hydrogens is 322 g/mol. The minimum atomic E-state index is 0.144. The van der Waals surface area contributed by atoms with Crippen molar-refractivity contribution in [3.63, 3.8) is 0 Å². The van der Waals surface area contributed by atoms with Crippen molar-refractivity contribution in [1.29, 1.82) is 0 Å². The smallest absolute Gasteiger partial charge is 0.137 e. The molecule has 3 aromatic rings. The summed E-state index contributed by atoms with van der Waals surface area (Å²) in [5, 5.41) is 12.9. The summed E-state index contributed by atoms with van der Waals surface area (Å²) in [6.45, 7) is 1.98. The van der Waals surface area contributed by atoms with Crippen molar-refractivity contribution in [3.8, 4) is 5.69 Å². The number of nitrogen functional groups attached to an aromatic ring is 1. The Labute approximate surface area is 145 Å². The zero-order chi connectivity index (χ0) is 16.7. The summed E-state index contributed by atoms with van der Waals surface area (Å²) >= 11 is 5.98. The minimum Gasteiger partial charge on any atom is -0.399 e. The van der Waals surface area contributed by atoms with Crippen molar-refractivity contribution in [2.75, 3.05) is 11.1 Å². The monoisotopic (exact) mass is 339 g/mol. The normalized spacial score (nSPS) is 16.2. The van der Waals surface area contributed by atoms with Crippen molar-refractivity contribution in [3.05, 3.63) is 64.7 Å². The fraction of sp³-hybridized carbons (Fsp3) is 0.222. The lowest BCUT2D eigenvalue weighted by Gasteiger charge is -2.21. The molecule has 5 nitrogen and oxygen atoms in total. The van der Waals surface area contributed by atoms with E-state index in [1.807, 2.05) is 49.4 Å². The highest BCUT2D eigenvalue weighted by Crippen LogP contribution is 2.34. The van der Waals surface area contributed by atoms with Gasteiger partial charge in [0.05, 0.1) is 11.7 Å². The summed E-state index contributed by atoms with van der Waals surface area (Å²) in [6, 6.07) is 13.9. The third-order valence-corrected chi connectivity index (χ3v) is 4.65. The zero-order valence-corrected chi connectivity index (χ0v) is 14.1. The molecule has 0 radical (unpaired) electrons. The Morgan fingerprint density at radius 2 is 1.96 bits per heavy atom. The summed E-state index contributed by atoms with van der Waals surface area (Å²) in [6.07, 6.45) is 1.76. The van der Waals surface area contributed by atoms with E-state index in [-0.39, 0.29) is 6.04 Å². The maximum atomic E-state index is 6.06. The average Bonchev–Trinajstić information content (AvgIpc) is 2.86. The molecule has 1 aromatic heterocycles. The van der Waals surface area contributed by atoms with E-state index in [1.165, 1.54) is 0 Å². The second-order valence-electron chi connectivity index (χ2n) is 6.06. The number of aromatic nitrogens is 3. The first kappa shape index (κ1) is 15.0. The van der Waals surface area contributed by atoms with Gasteiger partial charge in [0.25, 0.3) is 0 Å². The molecule has 2 aromatic carbocycles. The molecule has 1 aliphatic rings. The van der Waals surface area contributed by atoms with Crippen LogP contribution in [0.3, 0.4) is 0 Å². The Balaban J connectivity index is 1.78. The molecule has 0 aliphatic carbocycles. The van der Waals surface area contributed by atoms with Gasteiger partial charge in [-0.2, -0.15) is 0 Å². The second kappa shape index (κ2) is 5.83. The molecular formula is C18H18ClN5. The molecule has 6 heteroatoms. The molecule has 1 unspecified atom stereocenters. The minimum absolute atomic E-state index is 0.144. The van der Waals surface area contributed by atoms with Gasteiger partial charge in [-0.15, -0.1) is 10.2 Å². The van der Waals surface area contributed by atoms with Crippen LogP contribution in [0.5, 0.6) is 0 Å². The molecule has 0 bridgehead atoms. The number of rotatable bonds is 2. The molecule has 1 atom stereocenters. The van der Waals surface area contributed by atoms with Crippen LogP contribution in [0.4, 0.5) is 11.4 Å². The van der Waals surface area contributed by atoms with Crippen molar-refractivity contribution in [2.45, 2.75) is 25.8 Å². The Hall–Kier alpha value is -2.53. The maximum absolute atomic E-state index is 6.06. The molecule has 3 N–H and O–H groups in total. The molecule has 0 fully saturated rings. The fourth-order valence-corrected chi connectivity index (χ4v) is 3.39. The molecule has 4 rings (SSSR count). The zero-order valence-electron chi connectivity index (χ0n) is 13.3. The summed E-state index contributed by atoms with van der Waals surface area (Å²) in [7, 11) is 0. The number of nitrogens with two attached hydrogens (primary N) is 1. The van der Waals surface area contributed by atoms with Crippen molar-refractivity contribution >= 4 is 23.0 Å². The van der Waals surface area contributed by atoms with Gasteiger partial charge in [0.15, 0.2) is 0 Å². The van der Waals surface area contributed by atoms with Crippen LogP contribution < -0.4 is 11.1 Å². The van der Waals surface area contributed by atoms with Crippen LogP contribution in [0.25, 0.3) is 5.69 Å². The van der Waals surface area contributed by atoms with Crippen LogP contribution in [0.15, 0.2) is 42.5 Å². The van der Waals surface area contributed by atoms with Crippen LogP contribution in [0, 0.1) is 6.92 Å². The first-order chi connectivity index (χ1) is 11.6. The SMILES string of the molecule is Cc1nnc2n1-c1ccc(N)cc1C(Nc1ccc(Cl)cc1)CC2. The summed E-state index contributed by atoms with van der Waals surface area (Å²) < 4.78 is 2.12. The van der Waals surface area contributed by atoms with Crippen molar-refractivity contribution < 1.29 is 0 Å². The Morgan fingerprint density at radius 1 is 1.17 bits per heavy atom. The topological polar surface area (TPSA) is 68.8 Å². The molecule has 0 amide bonds. The van der Waals surface area contributed by atoms with E-state index in [1.54, 1.807) is 0 Å². The van der Waals surface area contributed by atoms with Crippen LogP contribution in [-0.2, 0) is 6.42 Å². The van der Waals surface area contributed by atoms with E-state index in [0.717, 1.165) is 52.1 Å². The Bertz CT molecular complexity index is 885. The van der Waals surface area contributed by atoms with E-state index in [2.05, 4.69) is 20.1 Å². The first-order valence-electron chi connectivity index (χ1n) is 7.94. The lowest BCUT2D eigenvalue weighted by molar-refractivity contribution is 0.686. The molecule has 0 saturated heterocycles. The predicted octanol–water partition coefficient (Wildman–Crippen LogP) is 3.91. The van der Waals surface area contributed by atoms with Crippen LogP contribution in [0.2, 0.25) is 5.02 Å². The Morgan fingerprint density at radius 3 is 2.75 bits per heavy atom. The number of nitrogens with zero attached hydrogens (tertiary/aromatic N) is 3. The van der Waals surface area contributed by atoms with E-state index >= 15 is 0 Å². The number of aryl methyl sites for hydroxylation is 2. The first-order valence-corrected chi connectivity index (χ1v) is 8.32. The number of halogens is 1. The number of nitrogens with one attached hydrogen (secondary N) is 1. The van der Waals surface area contributed by atoms with Gasteiger partial charge in [-0.05, 0) is 55.8 Å². The highest BCUT2D eigenvalue weighted by Gasteiger charge is 2.24. The lowest BCUT2D eigenvalue weighted by Crippen LogP contribution is -2.12. The van der Waals surface area contributed by atoms with E-state index in [4.69, 9.17) is 17.3 Å². The second-order valence-corrected chi connectivity index (χ2v) is 6.50. The largest absolute Gasteiger partial charge is 0.399 e. The van der Waals surface area contributed by atoms with Crippen LogP contribution in [-0.4, -0.2) is 14.8 Å².